The number of nitrogens with two attached hydrogens (primary N) is 1. The van der Waals surface area contributed by atoms with Crippen LogP contribution in [0.4, 0.5) is 0 Å². The smallest absolute Gasteiger partial charge is 0.282 e. The summed E-state index contributed by atoms with van der Waals surface area (Å²) >= 11 is 2.42. The van der Waals surface area contributed by atoms with Crippen molar-refractivity contribution in [3.63, 3.8) is 0 Å². The van der Waals surface area contributed by atoms with Crippen LogP contribution in [0.5, 0.6) is 0 Å². The Bertz CT molecular complexity index is 1270. The Balaban J connectivity index is 1.55. The van der Waals surface area contributed by atoms with E-state index >= 15 is 0 Å². The first-order valence-electron chi connectivity index (χ1n) is 9.20. The molecule has 3 aromatic rings. The molecule has 1 fully saturated rings. The molecule has 1 aliphatic rings. The SMILES string of the molecule is CN(C(=O)CSc1nc2scc(-c3ccccc3)c2c(=O)n1N)[C@H]1CCS(=O)(=O)C1. The van der Waals surface area contributed by atoms with E-state index in [9.17, 15) is 18.0 Å². The number of amides is 1. The molecule has 30 heavy (non-hydrogen) atoms. The molecule has 0 saturated carbocycles. The Hall–Kier alpha value is -2.37. The van der Waals surface area contributed by atoms with E-state index in [-0.39, 0.29) is 39.9 Å². The lowest BCUT2D eigenvalue weighted by Crippen LogP contribution is -2.39. The summed E-state index contributed by atoms with van der Waals surface area (Å²) in [6.45, 7) is 0. The molecule has 0 aliphatic carbocycles. The molecular formula is C19H20N4O4S3. The van der Waals surface area contributed by atoms with Crippen molar-refractivity contribution in [3.05, 3.63) is 46.1 Å². The van der Waals surface area contributed by atoms with E-state index in [0.717, 1.165) is 27.6 Å². The van der Waals surface area contributed by atoms with Crippen molar-refractivity contribution >= 4 is 49.1 Å². The second kappa shape index (κ2) is 8.05. The second-order valence-electron chi connectivity index (χ2n) is 7.12. The van der Waals surface area contributed by atoms with Gasteiger partial charge in [0.05, 0.1) is 22.6 Å². The van der Waals surface area contributed by atoms with Gasteiger partial charge in [0.2, 0.25) is 5.91 Å². The third-order valence-electron chi connectivity index (χ3n) is 5.17. The third kappa shape index (κ3) is 3.96. The van der Waals surface area contributed by atoms with Gasteiger partial charge in [0.25, 0.3) is 5.56 Å². The van der Waals surface area contributed by atoms with Gasteiger partial charge in [-0.05, 0) is 12.0 Å². The molecule has 0 unspecified atom stereocenters. The van der Waals surface area contributed by atoms with Crippen molar-refractivity contribution in [2.75, 3.05) is 30.1 Å². The van der Waals surface area contributed by atoms with Gasteiger partial charge < -0.3 is 10.7 Å². The molecule has 0 spiro atoms. The molecule has 158 valence electrons. The van der Waals surface area contributed by atoms with Crippen molar-refractivity contribution in [3.8, 4) is 11.1 Å². The molecule has 8 nitrogen and oxygen atoms in total. The summed E-state index contributed by atoms with van der Waals surface area (Å²) in [4.78, 5) is 31.9. The van der Waals surface area contributed by atoms with Crippen LogP contribution in [-0.4, -0.2) is 59.2 Å². The summed E-state index contributed by atoms with van der Waals surface area (Å²) in [5.74, 6) is 5.87. The molecule has 0 radical (unpaired) electrons. The lowest BCUT2D eigenvalue weighted by atomic mass is 10.1. The first-order valence-corrected chi connectivity index (χ1v) is 12.9. The van der Waals surface area contributed by atoms with Crippen LogP contribution < -0.4 is 11.4 Å². The number of fused-ring (bicyclic) bond motifs is 1. The molecule has 2 N–H and O–H groups in total. The molecule has 1 saturated heterocycles. The molecular weight excluding hydrogens is 444 g/mol. The van der Waals surface area contributed by atoms with Crippen LogP contribution in [0.2, 0.25) is 0 Å². The molecule has 3 heterocycles. The Morgan fingerprint density at radius 2 is 2.10 bits per heavy atom. The van der Waals surface area contributed by atoms with Gasteiger partial charge in [-0.25, -0.2) is 18.1 Å². The molecule has 1 aromatic carbocycles. The Labute approximate surface area is 181 Å². The van der Waals surface area contributed by atoms with Gasteiger partial charge in [-0.1, -0.05) is 42.1 Å². The normalized spacial score (nSPS) is 18.0. The van der Waals surface area contributed by atoms with Crippen LogP contribution in [0.15, 0.2) is 45.7 Å². The molecule has 0 bridgehead atoms. The predicted molar refractivity (Wildman–Crippen MR) is 120 cm³/mol. The van der Waals surface area contributed by atoms with Crippen LogP contribution in [0.1, 0.15) is 6.42 Å². The molecule has 1 atom stereocenters. The number of thioether (sulfide) groups is 1. The molecule has 11 heteroatoms. The number of benzene rings is 1. The van der Waals surface area contributed by atoms with E-state index in [1.165, 1.54) is 16.2 Å². The zero-order chi connectivity index (χ0) is 21.5. The van der Waals surface area contributed by atoms with Crippen LogP contribution in [0.3, 0.4) is 0 Å². The number of hydrogen-bond acceptors (Lipinski definition) is 8. The number of carbonyl (C=O) groups excluding carboxylic acids is 1. The summed E-state index contributed by atoms with van der Waals surface area (Å²) in [6.07, 6.45) is 0.443. The fourth-order valence-electron chi connectivity index (χ4n) is 3.43. The number of hydrogen-bond donors (Lipinski definition) is 1. The fourth-order valence-corrected chi connectivity index (χ4v) is 7.03. The number of aromatic nitrogens is 2. The number of rotatable bonds is 5. The van der Waals surface area contributed by atoms with E-state index in [0.29, 0.717) is 16.6 Å². The summed E-state index contributed by atoms with van der Waals surface area (Å²) < 4.78 is 24.3. The maximum absolute atomic E-state index is 12.9. The van der Waals surface area contributed by atoms with E-state index < -0.39 is 9.84 Å². The topological polar surface area (TPSA) is 115 Å². The quantitative estimate of drug-likeness (QED) is 0.346. The van der Waals surface area contributed by atoms with E-state index in [4.69, 9.17) is 5.84 Å². The monoisotopic (exact) mass is 464 g/mol. The second-order valence-corrected chi connectivity index (χ2v) is 11.1. The Morgan fingerprint density at radius 3 is 2.77 bits per heavy atom. The zero-order valence-corrected chi connectivity index (χ0v) is 18.6. The highest BCUT2D eigenvalue weighted by Gasteiger charge is 2.32. The minimum absolute atomic E-state index is 0.0107. The van der Waals surface area contributed by atoms with Crippen molar-refractivity contribution < 1.29 is 13.2 Å². The van der Waals surface area contributed by atoms with Crippen molar-refractivity contribution in [1.82, 2.24) is 14.6 Å². The van der Waals surface area contributed by atoms with Gasteiger partial charge in [-0.2, -0.15) is 0 Å². The van der Waals surface area contributed by atoms with Crippen LogP contribution in [-0.2, 0) is 14.6 Å². The maximum atomic E-state index is 12.9. The highest BCUT2D eigenvalue weighted by atomic mass is 32.2. The number of nitrogens with zero attached hydrogens (tertiary/aromatic N) is 3. The lowest BCUT2D eigenvalue weighted by molar-refractivity contribution is -0.128. The van der Waals surface area contributed by atoms with Gasteiger partial charge in [-0.3, -0.25) is 9.59 Å². The summed E-state index contributed by atoms with van der Waals surface area (Å²) in [7, 11) is -1.47. The predicted octanol–water partition coefficient (Wildman–Crippen LogP) is 1.58. The molecule has 4 rings (SSSR count). The van der Waals surface area contributed by atoms with Crippen molar-refractivity contribution in [2.45, 2.75) is 17.6 Å². The highest BCUT2D eigenvalue weighted by molar-refractivity contribution is 7.99. The van der Waals surface area contributed by atoms with Crippen molar-refractivity contribution in [2.24, 2.45) is 0 Å². The van der Waals surface area contributed by atoms with Crippen LogP contribution >= 0.6 is 23.1 Å². The minimum Gasteiger partial charge on any atom is -0.341 e. The third-order valence-corrected chi connectivity index (χ3v) is 8.73. The number of nitrogen functional groups attached to an aromatic ring is 1. The molecule has 1 aliphatic heterocycles. The van der Waals surface area contributed by atoms with E-state index in [1.54, 1.807) is 7.05 Å². The minimum atomic E-state index is -3.08. The number of thiophene rings is 1. The average molecular weight is 465 g/mol. The van der Waals surface area contributed by atoms with Crippen LogP contribution in [0, 0.1) is 0 Å². The zero-order valence-electron chi connectivity index (χ0n) is 16.1. The first-order chi connectivity index (χ1) is 14.3. The average Bonchev–Trinajstić information content (AvgIpc) is 3.32. The number of sulfone groups is 1. The van der Waals surface area contributed by atoms with Crippen molar-refractivity contribution in [1.29, 1.82) is 0 Å². The maximum Gasteiger partial charge on any atom is 0.282 e. The van der Waals surface area contributed by atoms with E-state index in [1.807, 2.05) is 35.7 Å². The van der Waals surface area contributed by atoms with Gasteiger partial charge in [-0.15, -0.1) is 11.3 Å². The molecule has 2 aromatic heterocycles. The van der Waals surface area contributed by atoms with Gasteiger partial charge >= 0.3 is 0 Å². The Kier molecular flexibility index (Phi) is 5.60. The highest BCUT2D eigenvalue weighted by Crippen LogP contribution is 2.31. The largest absolute Gasteiger partial charge is 0.341 e. The molecule has 1 amide bonds. The van der Waals surface area contributed by atoms with Crippen LogP contribution in [0.25, 0.3) is 21.3 Å². The lowest BCUT2D eigenvalue weighted by Gasteiger charge is -2.23. The van der Waals surface area contributed by atoms with Gasteiger partial charge in [0.1, 0.15) is 4.83 Å². The Morgan fingerprint density at radius 1 is 1.37 bits per heavy atom. The fraction of sp³-hybridized carbons (Fsp3) is 0.316. The first kappa shape index (κ1) is 20.9. The summed E-state index contributed by atoms with van der Waals surface area (Å²) in [6, 6.07) is 9.22. The summed E-state index contributed by atoms with van der Waals surface area (Å²) in [5, 5.41) is 2.58. The van der Waals surface area contributed by atoms with E-state index in [2.05, 4.69) is 4.98 Å². The van der Waals surface area contributed by atoms with Gasteiger partial charge in [0.15, 0.2) is 15.0 Å². The number of carbonyl (C=O) groups is 1. The van der Waals surface area contributed by atoms with Gasteiger partial charge in [0, 0.05) is 24.0 Å². The standard InChI is InChI=1S/C19H20N4O4S3/c1-22(13-7-8-30(26,27)11-13)15(24)10-29-19-21-17-16(18(25)23(19)20)14(9-28-17)12-5-3-2-4-6-12/h2-6,9,13H,7-8,10-11,20H2,1H3/t13-/m0/s1. The summed E-state index contributed by atoms with van der Waals surface area (Å²) in [5.41, 5.74) is 1.32.